The Morgan fingerprint density at radius 2 is 1.80 bits per heavy atom. The summed E-state index contributed by atoms with van der Waals surface area (Å²) in [4.78, 5) is 25.0. The summed E-state index contributed by atoms with van der Waals surface area (Å²) in [6, 6.07) is 12.0. The highest BCUT2D eigenvalue weighted by Gasteiger charge is 2.67. The molecule has 0 radical (unpaired) electrons. The van der Waals surface area contributed by atoms with Crippen molar-refractivity contribution in [3.8, 4) is 11.5 Å². The molecule has 0 aliphatic carbocycles. The van der Waals surface area contributed by atoms with Gasteiger partial charge in [-0.25, -0.2) is 4.79 Å². The number of carbonyl (C=O) groups is 2. The standard InChI is InChI=1S/C20H19F3N2O5/c1-2-28-18(27)19(20(21,22)23,25-17(26)14-6-4-3-5-7-14)24-11-13-8-9-15-16(10-13)30-12-29-15/h3-10,24H,2,11-12H2,1H3,(H,25,26)/p+1/t19-/m1/s1. The summed E-state index contributed by atoms with van der Waals surface area (Å²) in [5.74, 6) is -1.79. The van der Waals surface area contributed by atoms with Crippen molar-refractivity contribution in [3.05, 3.63) is 59.7 Å². The van der Waals surface area contributed by atoms with Crippen molar-refractivity contribution in [2.45, 2.75) is 25.3 Å². The van der Waals surface area contributed by atoms with Crippen LogP contribution in [0.3, 0.4) is 0 Å². The lowest BCUT2D eigenvalue weighted by Gasteiger charge is -2.31. The molecule has 3 N–H and O–H groups in total. The van der Waals surface area contributed by atoms with Crippen LogP contribution in [0.4, 0.5) is 13.2 Å². The summed E-state index contributed by atoms with van der Waals surface area (Å²) in [6.07, 6.45) is -5.14. The molecule has 1 aliphatic heterocycles. The lowest BCUT2D eigenvalue weighted by Crippen LogP contribution is -3.06. The highest BCUT2D eigenvalue weighted by atomic mass is 19.4. The van der Waals surface area contributed by atoms with E-state index >= 15 is 0 Å². The number of alkyl halides is 3. The van der Waals surface area contributed by atoms with Crippen LogP contribution in [0, 0.1) is 0 Å². The maximum atomic E-state index is 14.2. The summed E-state index contributed by atoms with van der Waals surface area (Å²) < 4.78 is 57.6. The number of halogens is 3. The number of nitrogens with one attached hydrogen (secondary N) is 1. The van der Waals surface area contributed by atoms with Crippen LogP contribution < -0.4 is 20.1 Å². The Bertz CT molecular complexity index is 920. The zero-order valence-corrected chi connectivity index (χ0v) is 16.0. The first kappa shape index (κ1) is 21.4. The van der Waals surface area contributed by atoms with Crippen LogP contribution in [0.25, 0.3) is 0 Å². The topological polar surface area (TPSA) is 90.5 Å². The molecule has 30 heavy (non-hydrogen) atoms. The molecule has 7 nitrogen and oxygen atoms in total. The van der Waals surface area contributed by atoms with Crippen molar-refractivity contribution in [2.75, 3.05) is 13.4 Å². The summed E-state index contributed by atoms with van der Waals surface area (Å²) in [5.41, 5.74) is -2.91. The van der Waals surface area contributed by atoms with Crippen molar-refractivity contribution in [3.63, 3.8) is 0 Å². The normalized spacial score (nSPS) is 14.7. The molecule has 2 aromatic rings. The average Bonchev–Trinajstić information content (AvgIpc) is 3.18. The number of hydrogen-bond acceptors (Lipinski definition) is 5. The maximum Gasteiger partial charge on any atom is 0.478 e. The Kier molecular flexibility index (Phi) is 6.16. The van der Waals surface area contributed by atoms with Gasteiger partial charge in [-0.3, -0.25) is 10.1 Å². The number of esters is 1. The van der Waals surface area contributed by atoms with Gasteiger partial charge in [-0.1, -0.05) is 18.2 Å². The molecular weight excluding hydrogens is 405 g/mol. The number of quaternary nitrogens is 1. The SMILES string of the molecule is CCOC(=O)[C@](NC(=O)c1ccccc1)([NH2+]Cc1ccc2c(c1)OCO2)C(F)(F)F. The van der Waals surface area contributed by atoms with Gasteiger partial charge in [-0.05, 0) is 37.3 Å². The van der Waals surface area contributed by atoms with Gasteiger partial charge in [-0.2, -0.15) is 13.2 Å². The zero-order chi connectivity index (χ0) is 21.8. The van der Waals surface area contributed by atoms with Crippen LogP contribution in [0.15, 0.2) is 48.5 Å². The van der Waals surface area contributed by atoms with E-state index in [1.165, 1.54) is 37.3 Å². The highest BCUT2D eigenvalue weighted by Crippen LogP contribution is 2.32. The second-order valence-electron chi connectivity index (χ2n) is 6.44. The fourth-order valence-corrected chi connectivity index (χ4v) is 2.91. The molecular formula is C20H20F3N2O5+. The van der Waals surface area contributed by atoms with Crippen molar-refractivity contribution in [2.24, 2.45) is 0 Å². The summed E-state index contributed by atoms with van der Waals surface area (Å²) >= 11 is 0. The molecule has 10 heteroatoms. The number of carbonyl (C=O) groups excluding carboxylic acids is 2. The monoisotopic (exact) mass is 425 g/mol. The molecule has 1 atom stereocenters. The molecule has 1 amide bonds. The van der Waals surface area contributed by atoms with Gasteiger partial charge in [-0.15, -0.1) is 0 Å². The summed E-state index contributed by atoms with van der Waals surface area (Å²) in [7, 11) is 0. The van der Waals surface area contributed by atoms with Gasteiger partial charge in [0.05, 0.1) is 6.61 Å². The second-order valence-corrected chi connectivity index (χ2v) is 6.44. The van der Waals surface area contributed by atoms with E-state index < -0.39 is 23.7 Å². The third kappa shape index (κ3) is 4.33. The molecule has 0 saturated carbocycles. The number of benzene rings is 2. The minimum absolute atomic E-state index is 0.0188. The lowest BCUT2D eigenvalue weighted by atomic mass is 10.1. The minimum atomic E-state index is -5.14. The summed E-state index contributed by atoms with van der Waals surface area (Å²) in [5, 5.41) is 2.54. The number of fused-ring (bicyclic) bond motifs is 1. The lowest BCUT2D eigenvalue weighted by molar-refractivity contribution is -0.757. The molecule has 0 aromatic heterocycles. The van der Waals surface area contributed by atoms with E-state index in [9.17, 15) is 22.8 Å². The first-order chi connectivity index (χ1) is 14.3. The molecule has 160 valence electrons. The van der Waals surface area contributed by atoms with Gasteiger partial charge in [0.15, 0.2) is 11.5 Å². The van der Waals surface area contributed by atoms with E-state index in [1.54, 1.807) is 18.2 Å². The molecule has 0 saturated heterocycles. The Labute approximate surface area is 170 Å². The van der Waals surface area contributed by atoms with E-state index in [1.807, 2.05) is 5.32 Å². The molecule has 1 aliphatic rings. The Balaban J connectivity index is 1.91. The third-order valence-corrected chi connectivity index (χ3v) is 4.47. The first-order valence-corrected chi connectivity index (χ1v) is 9.11. The number of amides is 1. The first-order valence-electron chi connectivity index (χ1n) is 9.11. The largest absolute Gasteiger partial charge is 0.478 e. The molecule has 0 unspecified atom stereocenters. The van der Waals surface area contributed by atoms with Gasteiger partial charge in [0.2, 0.25) is 6.79 Å². The van der Waals surface area contributed by atoms with Gasteiger partial charge >= 0.3 is 17.8 Å². The van der Waals surface area contributed by atoms with Crippen LogP contribution >= 0.6 is 0 Å². The molecule has 1 heterocycles. The van der Waals surface area contributed by atoms with Crippen molar-refractivity contribution < 1.29 is 42.3 Å². The predicted molar refractivity (Wildman–Crippen MR) is 97.5 cm³/mol. The Morgan fingerprint density at radius 1 is 1.10 bits per heavy atom. The van der Waals surface area contributed by atoms with E-state index in [0.29, 0.717) is 22.4 Å². The van der Waals surface area contributed by atoms with E-state index in [-0.39, 0.29) is 25.5 Å². The molecule has 2 aromatic carbocycles. The number of ether oxygens (including phenoxy) is 3. The van der Waals surface area contributed by atoms with Gasteiger partial charge in [0.1, 0.15) is 6.54 Å². The van der Waals surface area contributed by atoms with E-state index in [0.717, 1.165) is 0 Å². The second kappa shape index (κ2) is 8.62. The molecule has 3 rings (SSSR count). The van der Waals surface area contributed by atoms with Crippen molar-refractivity contribution >= 4 is 11.9 Å². The maximum absolute atomic E-state index is 14.2. The van der Waals surface area contributed by atoms with Gasteiger partial charge in [0, 0.05) is 11.1 Å². The predicted octanol–water partition coefficient (Wildman–Crippen LogP) is 1.73. The summed E-state index contributed by atoms with van der Waals surface area (Å²) in [6.45, 7) is 0.834. The minimum Gasteiger partial charge on any atom is -0.460 e. The molecule has 0 spiro atoms. The Morgan fingerprint density at radius 3 is 2.47 bits per heavy atom. The van der Waals surface area contributed by atoms with Crippen molar-refractivity contribution in [1.82, 2.24) is 5.32 Å². The zero-order valence-electron chi connectivity index (χ0n) is 16.0. The van der Waals surface area contributed by atoms with Gasteiger partial charge < -0.3 is 19.5 Å². The van der Waals surface area contributed by atoms with E-state index in [4.69, 9.17) is 9.47 Å². The number of rotatable bonds is 7. The number of hydrogen-bond donors (Lipinski definition) is 2. The fourth-order valence-electron chi connectivity index (χ4n) is 2.91. The highest BCUT2D eigenvalue weighted by molar-refractivity contribution is 5.97. The van der Waals surface area contributed by atoms with Crippen LogP contribution in [0.5, 0.6) is 11.5 Å². The van der Waals surface area contributed by atoms with Crippen LogP contribution in [0.2, 0.25) is 0 Å². The quantitative estimate of drug-likeness (QED) is 0.521. The average molecular weight is 425 g/mol. The van der Waals surface area contributed by atoms with E-state index in [2.05, 4.69) is 4.74 Å². The smallest absolute Gasteiger partial charge is 0.460 e. The molecule has 0 bridgehead atoms. The Hall–Kier alpha value is -3.27. The number of nitrogens with two attached hydrogens (primary N) is 1. The van der Waals surface area contributed by atoms with Crippen LogP contribution in [0.1, 0.15) is 22.8 Å². The van der Waals surface area contributed by atoms with Gasteiger partial charge in [0.25, 0.3) is 5.91 Å². The third-order valence-electron chi connectivity index (χ3n) is 4.47. The molecule has 0 fully saturated rings. The fraction of sp³-hybridized carbons (Fsp3) is 0.300. The van der Waals surface area contributed by atoms with Crippen molar-refractivity contribution in [1.29, 1.82) is 0 Å². The van der Waals surface area contributed by atoms with Crippen LogP contribution in [-0.4, -0.2) is 37.1 Å². The van der Waals surface area contributed by atoms with Crippen LogP contribution in [-0.2, 0) is 16.1 Å².